The predicted octanol–water partition coefficient (Wildman–Crippen LogP) is 1.95. The van der Waals surface area contributed by atoms with Crippen molar-refractivity contribution >= 4 is 17.5 Å². The molecule has 0 aliphatic carbocycles. The molecule has 0 bridgehead atoms. The van der Waals surface area contributed by atoms with Gasteiger partial charge < -0.3 is 14.8 Å². The lowest BCUT2D eigenvalue weighted by Crippen LogP contribution is -2.23. The van der Waals surface area contributed by atoms with E-state index in [9.17, 15) is 4.79 Å². The molecule has 0 atom stereocenters. The fraction of sp³-hybridized carbons (Fsp3) is 0.417. The molecule has 1 amide bonds. The quantitative estimate of drug-likeness (QED) is 0.793. The molecule has 0 aliphatic heterocycles. The molecule has 1 aromatic rings. The van der Waals surface area contributed by atoms with E-state index in [1.165, 1.54) is 0 Å². The average molecular weight is 258 g/mol. The van der Waals surface area contributed by atoms with Gasteiger partial charge in [-0.25, -0.2) is 0 Å². The van der Waals surface area contributed by atoms with Crippen LogP contribution in [0.5, 0.6) is 11.5 Å². The lowest BCUT2D eigenvalue weighted by atomic mass is 10.2. The first-order valence-electron chi connectivity index (χ1n) is 5.33. The van der Waals surface area contributed by atoms with Gasteiger partial charge >= 0.3 is 0 Å². The number of benzene rings is 1. The minimum atomic E-state index is -0.194. The molecule has 0 unspecified atom stereocenters. The van der Waals surface area contributed by atoms with Crippen LogP contribution in [0, 0.1) is 0 Å². The summed E-state index contributed by atoms with van der Waals surface area (Å²) in [4.78, 5) is 11.0. The van der Waals surface area contributed by atoms with E-state index in [-0.39, 0.29) is 11.8 Å². The van der Waals surface area contributed by atoms with Crippen molar-refractivity contribution in [3.8, 4) is 11.5 Å². The van der Waals surface area contributed by atoms with Crippen LogP contribution in [-0.4, -0.2) is 25.5 Å². The van der Waals surface area contributed by atoms with Gasteiger partial charge in [0.15, 0.2) is 11.5 Å². The maximum absolute atomic E-state index is 11.0. The van der Waals surface area contributed by atoms with Crippen LogP contribution < -0.4 is 14.8 Å². The minimum absolute atomic E-state index is 0.0333. The summed E-state index contributed by atoms with van der Waals surface area (Å²) in [6.07, 6.45) is 0. The van der Waals surface area contributed by atoms with Crippen LogP contribution in [0.4, 0.5) is 0 Å². The van der Waals surface area contributed by atoms with Gasteiger partial charge in [-0.05, 0) is 24.6 Å². The average Bonchev–Trinajstić information content (AvgIpc) is 2.36. The van der Waals surface area contributed by atoms with E-state index in [1.807, 2.05) is 25.1 Å². The zero-order chi connectivity index (χ0) is 12.7. The summed E-state index contributed by atoms with van der Waals surface area (Å²) in [6, 6.07) is 5.53. The van der Waals surface area contributed by atoms with Crippen molar-refractivity contribution in [1.29, 1.82) is 0 Å². The van der Waals surface area contributed by atoms with E-state index >= 15 is 0 Å². The Kier molecular flexibility index (Phi) is 5.63. The standard InChI is InChI=1S/C12H16ClNO3/c1-3-17-11-6-9(4-5-10(11)16-2)8-14-12(15)7-13/h4-6H,3,7-8H2,1-2H3,(H,14,15). The first-order chi connectivity index (χ1) is 8.21. The molecule has 0 fully saturated rings. The third-order valence-electron chi connectivity index (χ3n) is 2.14. The summed E-state index contributed by atoms with van der Waals surface area (Å²) in [5, 5.41) is 2.69. The summed E-state index contributed by atoms with van der Waals surface area (Å²) >= 11 is 5.39. The Morgan fingerprint density at radius 3 is 2.76 bits per heavy atom. The second-order valence-corrected chi connectivity index (χ2v) is 3.60. The number of hydrogen-bond acceptors (Lipinski definition) is 3. The Hall–Kier alpha value is -1.42. The molecule has 0 spiro atoms. The minimum Gasteiger partial charge on any atom is -0.493 e. The third-order valence-corrected chi connectivity index (χ3v) is 2.38. The van der Waals surface area contributed by atoms with Crippen molar-refractivity contribution in [2.24, 2.45) is 0 Å². The fourth-order valence-corrected chi connectivity index (χ4v) is 1.44. The molecule has 0 saturated heterocycles. The molecule has 94 valence electrons. The Morgan fingerprint density at radius 2 is 2.18 bits per heavy atom. The van der Waals surface area contributed by atoms with Crippen LogP contribution in [0.15, 0.2) is 18.2 Å². The van der Waals surface area contributed by atoms with Crippen molar-refractivity contribution in [3.63, 3.8) is 0 Å². The molecular weight excluding hydrogens is 242 g/mol. The van der Waals surface area contributed by atoms with Crippen molar-refractivity contribution in [3.05, 3.63) is 23.8 Å². The number of ether oxygens (including phenoxy) is 2. The van der Waals surface area contributed by atoms with Crippen LogP contribution in [-0.2, 0) is 11.3 Å². The van der Waals surface area contributed by atoms with Crippen LogP contribution >= 0.6 is 11.6 Å². The van der Waals surface area contributed by atoms with Gasteiger partial charge in [-0.3, -0.25) is 4.79 Å². The SMILES string of the molecule is CCOc1cc(CNC(=O)CCl)ccc1OC. The maximum Gasteiger partial charge on any atom is 0.235 e. The number of amides is 1. The smallest absolute Gasteiger partial charge is 0.235 e. The second kappa shape index (κ2) is 7.01. The molecular formula is C12H16ClNO3. The van der Waals surface area contributed by atoms with Crippen LogP contribution in [0.3, 0.4) is 0 Å². The largest absolute Gasteiger partial charge is 0.493 e. The summed E-state index contributed by atoms with van der Waals surface area (Å²) in [5.74, 6) is 1.13. The van der Waals surface area contributed by atoms with E-state index in [0.29, 0.717) is 24.7 Å². The summed E-state index contributed by atoms with van der Waals surface area (Å²) < 4.78 is 10.6. The highest BCUT2D eigenvalue weighted by molar-refractivity contribution is 6.27. The normalized spacial score (nSPS) is 9.82. The maximum atomic E-state index is 11.0. The molecule has 5 heteroatoms. The van der Waals surface area contributed by atoms with Crippen LogP contribution in [0.25, 0.3) is 0 Å². The zero-order valence-electron chi connectivity index (χ0n) is 9.96. The fourth-order valence-electron chi connectivity index (χ4n) is 1.35. The lowest BCUT2D eigenvalue weighted by Gasteiger charge is -2.11. The molecule has 1 N–H and O–H groups in total. The number of carbonyl (C=O) groups excluding carboxylic acids is 1. The molecule has 0 heterocycles. The number of alkyl halides is 1. The number of carbonyl (C=O) groups is 1. The Balaban J connectivity index is 2.73. The van der Waals surface area contributed by atoms with Gasteiger partial charge in [0, 0.05) is 6.54 Å². The number of nitrogens with one attached hydrogen (secondary N) is 1. The van der Waals surface area contributed by atoms with Gasteiger partial charge in [0.1, 0.15) is 5.88 Å². The Bertz CT molecular complexity index is 382. The Morgan fingerprint density at radius 1 is 1.41 bits per heavy atom. The highest BCUT2D eigenvalue weighted by Crippen LogP contribution is 2.27. The van der Waals surface area contributed by atoms with Crippen LogP contribution in [0.2, 0.25) is 0 Å². The van der Waals surface area contributed by atoms with Gasteiger partial charge in [-0.15, -0.1) is 11.6 Å². The summed E-state index contributed by atoms with van der Waals surface area (Å²) in [5.41, 5.74) is 0.938. The number of methoxy groups -OCH3 is 1. The first kappa shape index (κ1) is 13.6. The molecule has 1 rings (SSSR count). The Labute approximate surface area is 106 Å². The van der Waals surface area contributed by atoms with Gasteiger partial charge in [-0.1, -0.05) is 6.07 Å². The van der Waals surface area contributed by atoms with Gasteiger partial charge in [-0.2, -0.15) is 0 Å². The van der Waals surface area contributed by atoms with Crippen molar-refractivity contribution < 1.29 is 14.3 Å². The molecule has 1 aromatic carbocycles. The van der Waals surface area contributed by atoms with Crippen LogP contribution in [0.1, 0.15) is 12.5 Å². The molecule has 0 radical (unpaired) electrons. The van der Waals surface area contributed by atoms with E-state index in [4.69, 9.17) is 21.1 Å². The number of halogens is 1. The molecule has 0 aromatic heterocycles. The number of hydrogen-bond donors (Lipinski definition) is 1. The van der Waals surface area contributed by atoms with Gasteiger partial charge in [0.2, 0.25) is 5.91 Å². The lowest BCUT2D eigenvalue weighted by molar-refractivity contribution is -0.118. The van der Waals surface area contributed by atoms with Crippen molar-refractivity contribution in [1.82, 2.24) is 5.32 Å². The topological polar surface area (TPSA) is 47.6 Å². The molecule has 4 nitrogen and oxygen atoms in total. The zero-order valence-corrected chi connectivity index (χ0v) is 10.7. The highest BCUT2D eigenvalue weighted by atomic mass is 35.5. The summed E-state index contributed by atoms with van der Waals surface area (Å²) in [7, 11) is 1.59. The molecule has 0 saturated carbocycles. The molecule has 0 aliphatic rings. The second-order valence-electron chi connectivity index (χ2n) is 3.33. The monoisotopic (exact) mass is 257 g/mol. The predicted molar refractivity (Wildman–Crippen MR) is 66.7 cm³/mol. The van der Waals surface area contributed by atoms with Gasteiger partial charge in [0.25, 0.3) is 0 Å². The van der Waals surface area contributed by atoms with Crippen molar-refractivity contribution in [2.45, 2.75) is 13.5 Å². The van der Waals surface area contributed by atoms with Crippen molar-refractivity contribution in [2.75, 3.05) is 19.6 Å². The van der Waals surface area contributed by atoms with E-state index in [0.717, 1.165) is 5.56 Å². The van der Waals surface area contributed by atoms with Gasteiger partial charge in [0.05, 0.1) is 13.7 Å². The highest BCUT2D eigenvalue weighted by Gasteiger charge is 2.06. The molecule has 17 heavy (non-hydrogen) atoms. The van der Waals surface area contributed by atoms with E-state index in [2.05, 4.69) is 5.32 Å². The first-order valence-corrected chi connectivity index (χ1v) is 5.87. The summed E-state index contributed by atoms with van der Waals surface area (Å²) in [6.45, 7) is 2.89. The van der Waals surface area contributed by atoms with E-state index < -0.39 is 0 Å². The third kappa shape index (κ3) is 4.15. The van der Waals surface area contributed by atoms with E-state index in [1.54, 1.807) is 7.11 Å². The number of rotatable bonds is 6.